The molecule has 4 aromatic rings. The van der Waals surface area contributed by atoms with Gasteiger partial charge in [-0.1, -0.05) is 12.1 Å². The Labute approximate surface area is 218 Å². The Morgan fingerprint density at radius 1 is 0.865 bits per heavy atom. The van der Waals surface area contributed by atoms with Crippen LogP contribution in [0.1, 0.15) is 16.0 Å². The maximum absolute atomic E-state index is 11.0. The van der Waals surface area contributed by atoms with E-state index in [0.717, 1.165) is 38.1 Å². The summed E-state index contributed by atoms with van der Waals surface area (Å²) in [4.78, 5) is 16.5. The zero-order valence-corrected chi connectivity index (χ0v) is 21.8. The summed E-state index contributed by atoms with van der Waals surface area (Å²) in [5, 5.41) is 15.2. The van der Waals surface area contributed by atoms with Gasteiger partial charge in [0.2, 0.25) is 5.75 Å². The molecule has 192 valence electrons. The summed E-state index contributed by atoms with van der Waals surface area (Å²) in [7, 11) is 6.37. The highest BCUT2D eigenvalue weighted by Crippen LogP contribution is 2.39. The number of thiazole rings is 1. The van der Waals surface area contributed by atoms with Crippen LogP contribution in [0.5, 0.6) is 23.0 Å². The number of nitro benzene ring substituents is 1. The third-order valence-electron chi connectivity index (χ3n) is 5.74. The monoisotopic (exact) mass is 521 g/mol. The van der Waals surface area contributed by atoms with E-state index in [-0.39, 0.29) is 5.69 Å². The summed E-state index contributed by atoms with van der Waals surface area (Å²) in [6.45, 7) is 0.489. The van der Waals surface area contributed by atoms with Gasteiger partial charge in [0, 0.05) is 35.5 Å². The molecule has 37 heavy (non-hydrogen) atoms. The first-order chi connectivity index (χ1) is 17.9. The lowest BCUT2D eigenvalue weighted by atomic mass is 10.1. The SMILES string of the molecule is COc1ccc(-c2nc(NCc3cc(OC)c(OC)c(OC)c3)sc2Cc2ccc([N+](=O)[O-])cc2)cc1. The number of hydrogen-bond donors (Lipinski definition) is 1. The number of non-ortho nitro benzene ring substituents is 1. The third kappa shape index (κ3) is 5.92. The molecule has 0 aliphatic heterocycles. The van der Waals surface area contributed by atoms with Gasteiger partial charge in [0.25, 0.3) is 5.69 Å². The zero-order chi connectivity index (χ0) is 26.4. The summed E-state index contributed by atoms with van der Waals surface area (Å²) < 4.78 is 21.6. The van der Waals surface area contributed by atoms with Crippen molar-refractivity contribution in [2.45, 2.75) is 13.0 Å². The molecule has 3 aromatic carbocycles. The number of hydrogen-bond acceptors (Lipinski definition) is 9. The molecule has 10 heteroatoms. The molecule has 0 radical (unpaired) electrons. The molecule has 1 N–H and O–H groups in total. The Balaban J connectivity index is 1.62. The van der Waals surface area contributed by atoms with Crippen LogP contribution in [0.4, 0.5) is 10.8 Å². The average Bonchev–Trinajstić information content (AvgIpc) is 3.33. The molecule has 0 aliphatic rings. The fourth-order valence-electron chi connectivity index (χ4n) is 3.86. The van der Waals surface area contributed by atoms with Crippen molar-refractivity contribution in [3.05, 3.63) is 86.8 Å². The van der Waals surface area contributed by atoms with Crippen LogP contribution < -0.4 is 24.3 Å². The molecule has 0 saturated heterocycles. The van der Waals surface area contributed by atoms with Crippen molar-refractivity contribution in [3.8, 4) is 34.3 Å². The summed E-state index contributed by atoms with van der Waals surface area (Å²) in [5.74, 6) is 2.46. The number of anilines is 1. The predicted octanol–water partition coefficient (Wildman–Crippen LogP) is 5.96. The number of aromatic nitrogens is 1. The summed E-state index contributed by atoms with van der Waals surface area (Å²) in [5.41, 5.74) is 3.76. The maximum atomic E-state index is 11.0. The van der Waals surface area contributed by atoms with Crippen molar-refractivity contribution in [3.63, 3.8) is 0 Å². The molecule has 1 aromatic heterocycles. The molecule has 4 rings (SSSR count). The fourth-order valence-corrected chi connectivity index (χ4v) is 4.87. The molecule has 0 amide bonds. The molecule has 0 fully saturated rings. The zero-order valence-electron chi connectivity index (χ0n) is 20.9. The molecule has 0 aliphatic carbocycles. The Hall–Kier alpha value is -4.31. The van der Waals surface area contributed by atoms with Gasteiger partial charge in [-0.25, -0.2) is 4.98 Å². The Morgan fingerprint density at radius 2 is 1.51 bits per heavy atom. The number of methoxy groups -OCH3 is 4. The lowest BCUT2D eigenvalue weighted by molar-refractivity contribution is -0.384. The predicted molar refractivity (Wildman–Crippen MR) is 143 cm³/mol. The van der Waals surface area contributed by atoms with Gasteiger partial charge in [0.05, 0.1) is 39.1 Å². The molecule has 1 heterocycles. The van der Waals surface area contributed by atoms with Crippen molar-refractivity contribution >= 4 is 22.2 Å². The number of rotatable bonds is 11. The van der Waals surface area contributed by atoms with Crippen LogP contribution in [0.25, 0.3) is 11.3 Å². The Morgan fingerprint density at radius 3 is 2.05 bits per heavy atom. The van der Waals surface area contributed by atoms with Crippen LogP contribution >= 0.6 is 11.3 Å². The van der Waals surface area contributed by atoms with Crippen molar-refractivity contribution in [2.75, 3.05) is 33.8 Å². The van der Waals surface area contributed by atoms with E-state index < -0.39 is 4.92 Å². The van der Waals surface area contributed by atoms with E-state index in [1.807, 2.05) is 36.4 Å². The highest BCUT2D eigenvalue weighted by Gasteiger charge is 2.17. The van der Waals surface area contributed by atoms with Crippen LogP contribution in [-0.2, 0) is 13.0 Å². The van der Waals surface area contributed by atoms with Crippen molar-refractivity contribution in [1.29, 1.82) is 0 Å². The number of nitro groups is 1. The largest absolute Gasteiger partial charge is 0.497 e. The summed E-state index contributed by atoms with van der Waals surface area (Å²) >= 11 is 1.54. The van der Waals surface area contributed by atoms with Crippen LogP contribution in [0, 0.1) is 10.1 Å². The van der Waals surface area contributed by atoms with Crippen LogP contribution in [0.2, 0.25) is 0 Å². The van der Waals surface area contributed by atoms with Gasteiger partial charge in [0.15, 0.2) is 16.6 Å². The van der Waals surface area contributed by atoms with Gasteiger partial charge in [-0.2, -0.15) is 0 Å². The molecular formula is C27H27N3O6S. The second kappa shape index (κ2) is 11.6. The minimum atomic E-state index is -0.398. The number of nitrogens with one attached hydrogen (secondary N) is 1. The molecule has 0 spiro atoms. The highest BCUT2D eigenvalue weighted by molar-refractivity contribution is 7.16. The summed E-state index contributed by atoms with van der Waals surface area (Å²) in [6, 6.07) is 18.1. The number of nitrogens with zero attached hydrogens (tertiary/aromatic N) is 2. The van der Waals surface area contributed by atoms with E-state index in [1.54, 1.807) is 51.9 Å². The molecule has 0 unspecified atom stereocenters. The van der Waals surface area contributed by atoms with Gasteiger partial charge in [0.1, 0.15) is 5.75 Å². The first-order valence-corrected chi connectivity index (χ1v) is 12.2. The van der Waals surface area contributed by atoms with Gasteiger partial charge >= 0.3 is 0 Å². The molecule has 9 nitrogen and oxygen atoms in total. The van der Waals surface area contributed by atoms with Crippen LogP contribution in [0.15, 0.2) is 60.7 Å². The maximum Gasteiger partial charge on any atom is 0.269 e. The van der Waals surface area contributed by atoms with Gasteiger partial charge in [-0.05, 0) is 47.5 Å². The van der Waals surface area contributed by atoms with E-state index >= 15 is 0 Å². The molecule has 0 atom stereocenters. The average molecular weight is 522 g/mol. The molecule has 0 saturated carbocycles. The van der Waals surface area contributed by atoms with Gasteiger partial charge < -0.3 is 24.3 Å². The standard InChI is InChI=1S/C27H27N3O6S/c1-33-21-11-7-19(8-12-21)25-24(15-17-5-9-20(10-6-17)30(31)32)37-27(29-25)28-16-18-13-22(34-2)26(36-4)23(14-18)35-3/h5-14H,15-16H2,1-4H3,(H,28,29). The smallest absolute Gasteiger partial charge is 0.269 e. The van der Waals surface area contributed by atoms with Gasteiger partial charge in [-0.15, -0.1) is 11.3 Å². The van der Waals surface area contributed by atoms with E-state index in [4.69, 9.17) is 23.9 Å². The first-order valence-electron chi connectivity index (χ1n) is 11.4. The van der Waals surface area contributed by atoms with E-state index in [9.17, 15) is 10.1 Å². The van der Waals surface area contributed by atoms with E-state index in [1.165, 1.54) is 12.1 Å². The third-order valence-corrected chi connectivity index (χ3v) is 6.75. The minimum absolute atomic E-state index is 0.0659. The van der Waals surface area contributed by atoms with E-state index in [0.29, 0.717) is 30.2 Å². The van der Waals surface area contributed by atoms with Crippen molar-refractivity contribution in [2.24, 2.45) is 0 Å². The first kappa shape index (κ1) is 25.8. The Kier molecular flexibility index (Phi) is 8.09. The van der Waals surface area contributed by atoms with Gasteiger partial charge in [-0.3, -0.25) is 10.1 Å². The second-order valence-electron chi connectivity index (χ2n) is 8.01. The van der Waals surface area contributed by atoms with Crippen molar-refractivity contribution < 1.29 is 23.9 Å². The van der Waals surface area contributed by atoms with Crippen LogP contribution in [-0.4, -0.2) is 38.3 Å². The number of ether oxygens (including phenoxy) is 4. The Bertz CT molecular complexity index is 1350. The minimum Gasteiger partial charge on any atom is -0.497 e. The quantitative estimate of drug-likeness (QED) is 0.191. The summed E-state index contributed by atoms with van der Waals surface area (Å²) in [6.07, 6.45) is 0.586. The van der Waals surface area contributed by atoms with Crippen molar-refractivity contribution in [1.82, 2.24) is 4.98 Å². The molecule has 0 bridgehead atoms. The highest BCUT2D eigenvalue weighted by atomic mass is 32.1. The topological polar surface area (TPSA) is 105 Å². The lowest BCUT2D eigenvalue weighted by Gasteiger charge is -2.14. The second-order valence-corrected chi connectivity index (χ2v) is 9.09. The lowest BCUT2D eigenvalue weighted by Crippen LogP contribution is -2.02. The molecular weight excluding hydrogens is 494 g/mol. The van der Waals surface area contributed by atoms with Crippen LogP contribution in [0.3, 0.4) is 0 Å². The number of benzene rings is 3. The normalized spacial score (nSPS) is 10.6. The fraction of sp³-hybridized carbons (Fsp3) is 0.222. The van der Waals surface area contributed by atoms with E-state index in [2.05, 4.69) is 5.32 Å².